The summed E-state index contributed by atoms with van der Waals surface area (Å²) in [4.78, 5) is 5.11. The lowest BCUT2D eigenvalue weighted by Crippen LogP contribution is -2.50. The van der Waals surface area contributed by atoms with Gasteiger partial charge in [0.1, 0.15) is 0 Å². The summed E-state index contributed by atoms with van der Waals surface area (Å²) in [5.74, 6) is 0. The maximum absolute atomic E-state index is 3.47. The van der Waals surface area contributed by atoms with Gasteiger partial charge < -0.3 is 15.1 Å². The van der Waals surface area contributed by atoms with Crippen LogP contribution in [0.5, 0.6) is 0 Å². The summed E-state index contributed by atoms with van der Waals surface area (Å²) < 4.78 is 0. The first-order valence-corrected chi connectivity index (χ1v) is 7.87. The summed E-state index contributed by atoms with van der Waals surface area (Å²) in [6.07, 6.45) is 6.76. The second-order valence-electron chi connectivity index (χ2n) is 5.79. The molecule has 0 aromatic heterocycles. The van der Waals surface area contributed by atoms with Gasteiger partial charge in [-0.3, -0.25) is 0 Å². The average Bonchev–Trinajstić information content (AvgIpc) is 2.37. The van der Waals surface area contributed by atoms with Crippen LogP contribution in [0.15, 0.2) is 0 Å². The van der Waals surface area contributed by atoms with E-state index in [0.717, 1.165) is 6.04 Å². The average molecular weight is 255 g/mol. The van der Waals surface area contributed by atoms with Gasteiger partial charge in [0.05, 0.1) is 0 Å². The van der Waals surface area contributed by atoms with Crippen LogP contribution >= 0.6 is 0 Å². The van der Waals surface area contributed by atoms with Crippen molar-refractivity contribution in [2.45, 2.75) is 52.0 Å². The van der Waals surface area contributed by atoms with Gasteiger partial charge in [0.2, 0.25) is 0 Å². The second-order valence-corrected chi connectivity index (χ2v) is 5.79. The molecule has 0 amide bonds. The Kier molecular flexibility index (Phi) is 8.64. The first-order chi connectivity index (χ1) is 8.74. The Hall–Kier alpha value is -0.120. The molecule has 1 fully saturated rings. The van der Waals surface area contributed by atoms with E-state index < -0.39 is 0 Å². The van der Waals surface area contributed by atoms with Crippen LogP contribution in [0.4, 0.5) is 0 Å². The lowest BCUT2D eigenvalue weighted by atomic mass is 10.1. The van der Waals surface area contributed by atoms with Crippen LogP contribution in [-0.2, 0) is 0 Å². The van der Waals surface area contributed by atoms with E-state index in [1.54, 1.807) is 0 Å². The topological polar surface area (TPSA) is 18.5 Å². The van der Waals surface area contributed by atoms with Crippen molar-refractivity contribution in [2.24, 2.45) is 0 Å². The van der Waals surface area contributed by atoms with Crippen molar-refractivity contribution in [3.05, 3.63) is 0 Å². The van der Waals surface area contributed by atoms with Crippen LogP contribution in [-0.4, -0.2) is 62.2 Å². The third-order valence-electron chi connectivity index (χ3n) is 4.05. The molecular weight excluding hydrogens is 222 g/mol. The summed E-state index contributed by atoms with van der Waals surface area (Å²) in [5.41, 5.74) is 0. The van der Waals surface area contributed by atoms with Gasteiger partial charge in [-0.1, -0.05) is 19.8 Å². The Bertz CT molecular complexity index is 196. The lowest BCUT2D eigenvalue weighted by Gasteiger charge is -2.37. The van der Waals surface area contributed by atoms with Gasteiger partial charge >= 0.3 is 0 Å². The predicted octanol–water partition coefficient (Wildman–Crippen LogP) is 2.18. The first kappa shape index (κ1) is 15.9. The van der Waals surface area contributed by atoms with Crippen LogP contribution in [0, 0.1) is 0 Å². The van der Waals surface area contributed by atoms with E-state index in [4.69, 9.17) is 0 Å². The molecule has 0 saturated carbocycles. The molecule has 3 nitrogen and oxygen atoms in total. The Balaban J connectivity index is 1.89. The third kappa shape index (κ3) is 6.72. The molecule has 3 heteroatoms. The monoisotopic (exact) mass is 255 g/mol. The van der Waals surface area contributed by atoms with E-state index in [9.17, 15) is 0 Å². The normalized spacial score (nSPS) is 22.5. The van der Waals surface area contributed by atoms with Crippen LogP contribution in [0.2, 0.25) is 0 Å². The molecule has 1 rings (SSSR count). The molecular formula is C15H33N3. The van der Waals surface area contributed by atoms with E-state index in [1.165, 1.54) is 71.4 Å². The van der Waals surface area contributed by atoms with Gasteiger partial charge in [-0.15, -0.1) is 0 Å². The number of piperazine rings is 1. The predicted molar refractivity (Wildman–Crippen MR) is 80.2 cm³/mol. The van der Waals surface area contributed by atoms with Crippen molar-refractivity contribution in [2.75, 3.05) is 46.3 Å². The molecule has 1 aliphatic rings. The number of unbranched alkanes of at least 4 members (excludes halogenated alkanes) is 3. The van der Waals surface area contributed by atoms with E-state index in [1.807, 2.05) is 0 Å². The zero-order valence-corrected chi connectivity index (χ0v) is 12.7. The van der Waals surface area contributed by atoms with Gasteiger partial charge in [0.15, 0.2) is 0 Å². The summed E-state index contributed by atoms with van der Waals surface area (Å²) in [6, 6.07) is 0.733. The van der Waals surface area contributed by atoms with Gasteiger partial charge in [0, 0.05) is 25.7 Å². The van der Waals surface area contributed by atoms with Crippen molar-refractivity contribution in [3.63, 3.8) is 0 Å². The minimum atomic E-state index is 0.733. The molecule has 0 aliphatic carbocycles. The molecule has 108 valence electrons. The molecule has 0 bridgehead atoms. The third-order valence-corrected chi connectivity index (χ3v) is 4.05. The van der Waals surface area contributed by atoms with Crippen LogP contribution < -0.4 is 5.32 Å². The van der Waals surface area contributed by atoms with Crippen molar-refractivity contribution in [3.8, 4) is 0 Å². The Morgan fingerprint density at radius 2 is 1.83 bits per heavy atom. The standard InChI is InChI=1S/C15H33N3/c1-4-9-16-10-7-5-6-8-11-18-13-12-17(3)15(2)14-18/h15-16H,4-14H2,1-3H3. The van der Waals surface area contributed by atoms with E-state index in [2.05, 4.69) is 36.0 Å². The smallest absolute Gasteiger partial charge is 0.0192 e. The van der Waals surface area contributed by atoms with Crippen LogP contribution in [0.3, 0.4) is 0 Å². The van der Waals surface area contributed by atoms with Crippen molar-refractivity contribution in [1.29, 1.82) is 0 Å². The fourth-order valence-electron chi connectivity index (χ4n) is 2.57. The highest BCUT2D eigenvalue weighted by atomic mass is 15.3. The highest BCUT2D eigenvalue weighted by Gasteiger charge is 2.19. The van der Waals surface area contributed by atoms with Crippen LogP contribution in [0.25, 0.3) is 0 Å². The van der Waals surface area contributed by atoms with E-state index in [0.29, 0.717) is 0 Å². The number of hydrogen-bond donors (Lipinski definition) is 1. The SMILES string of the molecule is CCCNCCCCCCN1CCN(C)C(C)C1. The van der Waals surface area contributed by atoms with Gasteiger partial charge in [-0.2, -0.15) is 0 Å². The highest BCUT2D eigenvalue weighted by molar-refractivity contribution is 4.76. The maximum Gasteiger partial charge on any atom is 0.0192 e. The molecule has 1 unspecified atom stereocenters. The van der Waals surface area contributed by atoms with Crippen molar-refractivity contribution in [1.82, 2.24) is 15.1 Å². The van der Waals surface area contributed by atoms with E-state index in [-0.39, 0.29) is 0 Å². The fourth-order valence-corrected chi connectivity index (χ4v) is 2.57. The minimum absolute atomic E-state index is 0.733. The number of nitrogens with zero attached hydrogens (tertiary/aromatic N) is 2. The Labute approximate surface area is 114 Å². The molecule has 18 heavy (non-hydrogen) atoms. The first-order valence-electron chi connectivity index (χ1n) is 7.87. The molecule has 1 heterocycles. The molecule has 0 spiro atoms. The second kappa shape index (κ2) is 9.76. The van der Waals surface area contributed by atoms with Crippen molar-refractivity contribution < 1.29 is 0 Å². The summed E-state index contributed by atoms with van der Waals surface area (Å²) >= 11 is 0. The molecule has 0 aromatic carbocycles. The molecule has 0 radical (unpaired) electrons. The molecule has 1 saturated heterocycles. The van der Waals surface area contributed by atoms with Gasteiger partial charge in [-0.25, -0.2) is 0 Å². The largest absolute Gasteiger partial charge is 0.317 e. The molecule has 1 aliphatic heterocycles. The maximum atomic E-state index is 3.47. The number of rotatable bonds is 9. The van der Waals surface area contributed by atoms with Gasteiger partial charge in [0.25, 0.3) is 0 Å². The lowest BCUT2D eigenvalue weighted by molar-refractivity contribution is 0.104. The molecule has 1 N–H and O–H groups in total. The number of likely N-dealkylation sites (N-methyl/N-ethyl adjacent to an activating group) is 1. The Morgan fingerprint density at radius 3 is 2.56 bits per heavy atom. The zero-order valence-electron chi connectivity index (χ0n) is 12.7. The van der Waals surface area contributed by atoms with Crippen LogP contribution in [0.1, 0.15) is 46.0 Å². The van der Waals surface area contributed by atoms with Gasteiger partial charge in [-0.05, 0) is 52.9 Å². The molecule has 0 aromatic rings. The number of hydrogen-bond acceptors (Lipinski definition) is 3. The van der Waals surface area contributed by atoms with Crippen molar-refractivity contribution >= 4 is 0 Å². The minimum Gasteiger partial charge on any atom is -0.317 e. The Morgan fingerprint density at radius 1 is 1.06 bits per heavy atom. The summed E-state index contributed by atoms with van der Waals surface area (Å²) in [7, 11) is 2.24. The zero-order chi connectivity index (χ0) is 13.2. The fraction of sp³-hybridized carbons (Fsp3) is 1.00. The summed E-state index contributed by atoms with van der Waals surface area (Å²) in [5, 5.41) is 3.47. The quantitative estimate of drug-likeness (QED) is 0.637. The highest BCUT2D eigenvalue weighted by Crippen LogP contribution is 2.09. The molecule has 1 atom stereocenters. The van der Waals surface area contributed by atoms with E-state index >= 15 is 0 Å². The summed E-state index contributed by atoms with van der Waals surface area (Å²) in [6.45, 7) is 12.0. The number of nitrogens with one attached hydrogen (secondary N) is 1.